The molecule has 1 spiro atoms. The quantitative estimate of drug-likeness (QED) is 0.580. The van der Waals surface area contributed by atoms with E-state index in [2.05, 4.69) is 0 Å². The molecular formula is C20H23F3O4. The first-order valence-corrected chi connectivity index (χ1v) is 9.07. The molecule has 7 heteroatoms. The first-order valence-electron chi connectivity index (χ1n) is 9.07. The van der Waals surface area contributed by atoms with E-state index in [9.17, 15) is 22.8 Å². The number of esters is 1. The van der Waals surface area contributed by atoms with Crippen LogP contribution in [0.2, 0.25) is 0 Å². The highest BCUT2D eigenvalue weighted by Gasteiger charge is 2.57. The number of hydrogen-bond donors (Lipinski definition) is 0. The number of rotatable bonds is 4. The van der Waals surface area contributed by atoms with Crippen molar-refractivity contribution < 1.29 is 32.2 Å². The van der Waals surface area contributed by atoms with Gasteiger partial charge in [0, 0.05) is 0 Å². The van der Waals surface area contributed by atoms with Gasteiger partial charge in [0.2, 0.25) is 0 Å². The van der Waals surface area contributed by atoms with E-state index in [4.69, 9.17) is 9.47 Å². The summed E-state index contributed by atoms with van der Waals surface area (Å²) >= 11 is 0. The van der Waals surface area contributed by atoms with Crippen molar-refractivity contribution in [2.75, 3.05) is 0 Å². The highest BCUT2D eigenvalue weighted by molar-refractivity contribution is 6.13. The number of alkyl halides is 3. The van der Waals surface area contributed by atoms with Crippen LogP contribution in [0.5, 0.6) is 0 Å². The number of Topliss-reactive ketones (excluding diaryl/α,β-unsaturated/α-hetero) is 1. The lowest BCUT2D eigenvalue weighted by molar-refractivity contribution is -0.180. The average molecular weight is 384 g/mol. The van der Waals surface area contributed by atoms with Crippen LogP contribution in [0.15, 0.2) is 12.1 Å². The summed E-state index contributed by atoms with van der Waals surface area (Å²) in [6.07, 6.45) is -5.89. The molecular weight excluding hydrogens is 361 g/mol. The Morgan fingerprint density at radius 1 is 1.04 bits per heavy atom. The van der Waals surface area contributed by atoms with Gasteiger partial charge in [0.1, 0.15) is 5.92 Å². The van der Waals surface area contributed by atoms with Crippen LogP contribution in [0, 0.1) is 20.8 Å². The summed E-state index contributed by atoms with van der Waals surface area (Å²) < 4.78 is 47.9. The first-order chi connectivity index (χ1) is 12.6. The lowest BCUT2D eigenvalue weighted by Crippen LogP contribution is -2.43. The summed E-state index contributed by atoms with van der Waals surface area (Å²) in [5, 5.41) is 0. The van der Waals surface area contributed by atoms with E-state index >= 15 is 0 Å². The minimum atomic E-state index is -3.20. The number of aryl methyl sites for hydroxylation is 3. The second-order valence-electron chi connectivity index (χ2n) is 7.53. The second-order valence-corrected chi connectivity index (χ2v) is 7.53. The Bertz CT molecular complexity index is 754. The molecule has 1 aromatic carbocycles. The lowest BCUT2D eigenvalue weighted by Gasteiger charge is -2.34. The van der Waals surface area contributed by atoms with E-state index in [1.165, 1.54) is 0 Å². The molecule has 1 aromatic rings. The molecule has 148 valence electrons. The molecule has 2 aliphatic rings. The standard InChI is InChI=1S/C20H23F3O4/c1-10-8-12(3)14(9-11(10)2)15-16(24)20(27-19(15)25)6-4-13(5-7-20)26-18(23)17(21)22/h8-9,13,15,17-18H,4-7H2,1-3H3. The third-order valence-corrected chi connectivity index (χ3v) is 5.70. The van der Waals surface area contributed by atoms with Gasteiger partial charge in [0.15, 0.2) is 11.4 Å². The highest BCUT2D eigenvalue weighted by atomic mass is 19.3. The summed E-state index contributed by atoms with van der Waals surface area (Å²) in [7, 11) is 0. The Morgan fingerprint density at radius 2 is 1.63 bits per heavy atom. The first kappa shape index (κ1) is 19.9. The molecule has 2 fully saturated rings. The van der Waals surface area contributed by atoms with Gasteiger partial charge >= 0.3 is 5.97 Å². The molecule has 2 atom stereocenters. The Kier molecular flexibility index (Phi) is 5.34. The molecule has 2 unspecified atom stereocenters. The fourth-order valence-corrected chi connectivity index (χ4v) is 4.02. The topological polar surface area (TPSA) is 52.6 Å². The second kappa shape index (κ2) is 7.26. The van der Waals surface area contributed by atoms with Crippen molar-refractivity contribution in [2.24, 2.45) is 0 Å². The number of hydrogen-bond acceptors (Lipinski definition) is 4. The van der Waals surface area contributed by atoms with Crippen LogP contribution in [-0.4, -0.2) is 36.2 Å². The van der Waals surface area contributed by atoms with Gasteiger partial charge in [-0.1, -0.05) is 12.1 Å². The van der Waals surface area contributed by atoms with Crippen LogP contribution >= 0.6 is 0 Å². The van der Waals surface area contributed by atoms with E-state index in [1.54, 1.807) is 0 Å². The maximum absolute atomic E-state index is 13.1. The van der Waals surface area contributed by atoms with Crippen molar-refractivity contribution in [3.63, 3.8) is 0 Å². The predicted molar refractivity (Wildman–Crippen MR) is 91.5 cm³/mol. The van der Waals surface area contributed by atoms with Crippen molar-refractivity contribution in [1.82, 2.24) is 0 Å². The van der Waals surface area contributed by atoms with Crippen molar-refractivity contribution in [3.05, 3.63) is 34.4 Å². The molecule has 1 saturated heterocycles. The monoisotopic (exact) mass is 384 g/mol. The smallest absolute Gasteiger partial charge is 0.322 e. The van der Waals surface area contributed by atoms with Gasteiger partial charge in [-0.2, -0.15) is 0 Å². The maximum atomic E-state index is 13.1. The highest BCUT2D eigenvalue weighted by Crippen LogP contribution is 2.44. The molecule has 4 nitrogen and oxygen atoms in total. The zero-order valence-electron chi connectivity index (χ0n) is 15.6. The molecule has 0 N–H and O–H groups in total. The molecule has 1 aliphatic heterocycles. The molecule has 1 heterocycles. The molecule has 27 heavy (non-hydrogen) atoms. The minimum absolute atomic E-state index is 0.151. The van der Waals surface area contributed by atoms with Crippen LogP contribution in [0.4, 0.5) is 13.2 Å². The summed E-state index contributed by atoms with van der Waals surface area (Å²) in [4.78, 5) is 25.6. The van der Waals surface area contributed by atoms with Gasteiger partial charge in [0.05, 0.1) is 6.10 Å². The van der Waals surface area contributed by atoms with E-state index in [0.717, 1.165) is 16.7 Å². The molecule has 0 radical (unpaired) electrons. The van der Waals surface area contributed by atoms with Gasteiger partial charge < -0.3 is 9.47 Å². The van der Waals surface area contributed by atoms with Crippen LogP contribution in [-0.2, 0) is 19.1 Å². The van der Waals surface area contributed by atoms with E-state index < -0.39 is 36.4 Å². The van der Waals surface area contributed by atoms with Gasteiger partial charge in [0.25, 0.3) is 12.8 Å². The van der Waals surface area contributed by atoms with Gasteiger partial charge in [-0.3, -0.25) is 9.59 Å². The number of ketones is 1. The fourth-order valence-electron chi connectivity index (χ4n) is 4.02. The summed E-state index contributed by atoms with van der Waals surface area (Å²) in [6.45, 7) is 5.72. The molecule has 0 aromatic heterocycles. The number of carbonyl (C=O) groups is 2. The average Bonchev–Trinajstić information content (AvgIpc) is 2.83. The van der Waals surface area contributed by atoms with Gasteiger partial charge in [-0.05, 0) is 68.7 Å². The van der Waals surface area contributed by atoms with Crippen molar-refractivity contribution in [1.29, 1.82) is 0 Å². The zero-order chi connectivity index (χ0) is 19.9. The number of carbonyl (C=O) groups excluding carboxylic acids is 2. The molecule has 1 aliphatic carbocycles. The molecule has 0 amide bonds. The normalized spacial score (nSPS) is 29.4. The molecule has 1 saturated carbocycles. The Morgan fingerprint density at radius 3 is 2.22 bits per heavy atom. The maximum Gasteiger partial charge on any atom is 0.322 e. The van der Waals surface area contributed by atoms with Crippen LogP contribution in [0.25, 0.3) is 0 Å². The van der Waals surface area contributed by atoms with E-state index in [0.29, 0.717) is 5.56 Å². The fraction of sp³-hybridized carbons (Fsp3) is 0.600. The SMILES string of the molecule is Cc1cc(C)c(C2C(=O)OC3(CCC(OC(F)C(F)F)CC3)C2=O)cc1C. The largest absolute Gasteiger partial charge is 0.450 e. The van der Waals surface area contributed by atoms with Crippen LogP contribution in [0.1, 0.15) is 53.9 Å². The van der Waals surface area contributed by atoms with Crippen molar-refractivity contribution in [2.45, 2.75) is 76.9 Å². The summed E-state index contributed by atoms with van der Waals surface area (Å²) in [6, 6.07) is 3.78. The van der Waals surface area contributed by atoms with E-state index in [-0.39, 0.29) is 31.5 Å². The number of ether oxygens (including phenoxy) is 2. The van der Waals surface area contributed by atoms with Crippen LogP contribution < -0.4 is 0 Å². The Hall–Kier alpha value is -1.89. The number of halogens is 3. The Balaban J connectivity index is 1.76. The van der Waals surface area contributed by atoms with Crippen molar-refractivity contribution in [3.8, 4) is 0 Å². The number of benzene rings is 1. The minimum Gasteiger partial charge on any atom is -0.450 e. The van der Waals surface area contributed by atoms with Gasteiger partial charge in [-0.25, -0.2) is 13.2 Å². The summed E-state index contributed by atoms with van der Waals surface area (Å²) in [5.74, 6) is -1.86. The Labute approximate surface area is 156 Å². The third-order valence-electron chi connectivity index (χ3n) is 5.70. The zero-order valence-corrected chi connectivity index (χ0v) is 15.6. The molecule has 0 bridgehead atoms. The lowest BCUT2D eigenvalue weighted by atomic mass is 9.76. The van der Waals surface area contributed by atoms with Crippen LogP contribution in [0.3, 0.4) is 0 Å². The summed E-state index contributed by atoms with van der Waals surface area (Å²) in [5.41, 5.74) is 2.28. The van der Waals surface area contributed by atoms with Gasteiger partial charge in [-0.15, -0.1) is 0 Å². The molecule has 3 rings (SSSR count). The predicted octanol–water partition coefficient (Wildman–Crippen LogP) is 4.08. The third kappa shape index (κ3) is 3.61. The van der Waals surface area contributed by atoms with Crippen molar-refractivity contribution >= 4 is 11.8 Å². The van der Waals surface area contributed by atoms with E-state index in [1.807, 2.05) is 32.9 Å².